The number of aryl methyl sites for hydroxylation is 4. The second-order valence-corrected chi connectivity index (χ2v) is 8.05. The van der Waals surface area contributed by atoms with E-state index in [-0.39, 0.29) is 17.2 Å². The van der Waals surface area contributed by atoms with Gasteiger partial charge in [-0.1, -0.05) is 36.4 Å². The molecule has 0 heterocycles. The molecule has 5 heteroatoms. The molecule has 0 radical (unpaired) electrons. The van der Waals surface area contributed by atoms with Gasteiger partial charge in [-0.05, 0) is 96.5 Å². The molecule has 0 atom stereocenters. The highest BCUT2D eigenvalue weighted by molar-refractivity contribution is 5.51. The maximum atomic E-state index is 9.68. The molecular formula is C28H26O5. The van der Waals surface area contributed by atoms with Crippen molar-refractivity contribution in [2.45, 2.75) is 25.7 Å². The van der Waals surface area contributed by atoms with Crippen molar-refractivity contribution >= 4 is 0 Å². The van der Waals surface area contributed by atoms with Crippen LogP contribution in [0.1, 0.15) is 22.3 Å². The van der Waals surface area contributed by atoms with Crippen LogP contribution in [0.15, 0.2) is 84.9 Å². The number of hydrogen-bond donors (Lipinski definition) is 4. The summed E-state index contributed by atoms with van der Waals surface area (Å²) >= 11 is 0. The molecule has 168 valence electrons. The van der Waals surface area contributed by atoms with Gasteiger partial charge < -0.3 is 25.2 Å². The second kappa shape index (κ2) is 10.0. The Labute approximate surface area is 192 Å². The summed E-state index contributed by atoms with van der Waals surface area (Å²) in [4.78, 5) is 0. The van der Waals surface area contributed by atoms with Crippen LogP contribution >= 0.6 is 0 Å². The first kappa shape index (κ1) is 22.1. The summed E-state index contributed by atoms with van der Waals surface area (Å²) in [6.07, 6.45) is 2.95. The Bertz CT molecular complexity index is 1230. The van der Waals surface area contributed by atoms with Crippen molar-refractivity contribution in [3.63, 3.8) is 0 Å². The average molecular weight is 443 g/mol. The fourth-order valence-electron chi connectivity index (χ4n) is 3.76. The Balaban J connectivity index is 1.38. The summed E-state index contributed by atoms with van der Waals surface area (Å²) in [6, 6.07) is 26.0. The van der Waals surface area contributed by atoms with Gasteiger partial charge in [-0.15, -0.1) is 0 Å². The number of benzene rings is 4. The third-order valence-electron chi connectivity index (χ3n) is 5.48. The standard InChI is InChI=1S/C28H26O5/c29-23-7-1-4-19(14-23)10-11-20-5-2-8-24(15-20)33-25-9-3-6-21(16-25)12-13-22-17-26(30)28(32)27(31)18-22/h1-9,14-18,29-32H,10-13H2. The van der Waals surface area contributed by atoms with Gasteiger partial charge in [0.15, 0.2) is 17.2 Å². The lowest BCUT2D eigenvalue weighted by Gasteiger charge is -2.10. The molecule has 0 saturated carbocycles. The maximum absolute atomic E-state index is 9.68. The SMILES string of the molecule is Oc1cccc(CCc2cccc(Oc3cccc(CCc4cc(O)c(O)c(O)c4)c3)c2)c1. The lowest BCUT2D eigenvalue weighted by atomic mass is 10.0. The molecule has 0 aliphatic carbocycles. The monoisotopic (exact) mass is 442 g/mol. The Kier molecular flexibility index (Phi) is 6.69. The van der Waals surface area contributed by atoms with Gasteiger partial charge in [0.05, 0.1) is 0 Å². The van der Waals surface area contributed by atoms with Crippen molar-refractivity contribution in [1.29, 1.82) is 0 Å². The van der Waals surface area contributed by atoms with E-state index >= 15 is 0 Å². The molecule has 4 aromatic carbocycles. The molecule has 4 N–H and O–H groups in total. The Morgan fingerprint density at radius 3 is 1.45 bits per heavy atom. The van der Waals surface area contributed by atoms with Gasteiger partial charge >= 0.3 is 0 Å². The Hall–Kier alpha value is -4.12. The number of aromatic hydroxyl groups is 4. The molecule has 0 spiro atoms. The quantitative estimate of drug-likeness (QED) is 0.256. The number of rotatable bonds is 8. The highest BCUT2D eigenvalue weighted by atomic mass is 16.5. The summed E-state index contributed by atoms with van der Waals surface area (Å²) in [5, 5.41) is 38.5. The fourth-order valence-corrected chi connectivity index (χ4v) is 3.76. The van der Waals surface area contributed by atoms with E-state index in [1.807, 2.05) is 54.6 Å². The zero-order valence-electron chi connectivity index (χ0n) is 18.1. The number of phenolic OH excluding ortho intramolecular Hbond substituents is 4. The third kappa shape index (κ3) is 5.98. The molecule has 4 aromatic rings. The van der Waals surface area contributed by atoms with E-state index in [9.17, 15) is 20.4 Å². The second-order valence-electron chi connectivity index (χ2n) is 8.05. The van der Waals surface area contributed by atoms with Gasteiger partial charge in [0.25, 0.3) is 0 Å². The molecule has 4 rings (SSSR count). The third-order valence-corrected chi connectivity index (χ3v) is 5.48. The van der Waals surface area contributed by atoms with Crippen molar-refractivity contribution in [1.82, 2.24) is 0 Å². The molecule has 5 nitrogen and oxygen atoms in total. The summed E-state index contributed by atoms with van der Waals surface area (Å²) in [6.45, 7) is 0. The highest BCUT2D eigenvalue weighted by Gasteiger charge is 2.09. The summed E-state index contributed by atoms with van der Waals surface area (Å²) in [5.41, 5.74) is 4.02. The van der Waals surface area contributed by atoms with E-state index in [1.54, 1.807) is 12.1 Å². The molecular weight excluding hydrogens is 416 g/mol. The maximum Gasteiger partial charge on any atom is 0.200 e. The molecule has 0 aliphatic heterocycles. The first-order valence-electron chi connectivity index (χ1n) is 10.8. The molecule has 0 amide bonds. The minimum Gasteiger partial charge on any atom is -0.508 e. The Morgan fingerprint density at radius 2 is 0.939 bits per heavy atom. The Morgan fingerprint density at radius 1 is 0.485 bits per heavy atom. The van der Waals surface area contributed by atoms with Crippen LogP contribution in [0.4, 0.5) is 0 Å². The molecule has 0 aliphatic rings. The lowest BCUT2D eigenvalue weighted by molar-refractivity contribution is 0.367. The number of phenols is 4. The summed E-state index contributed by atoms with van der Waals surface area (Å²) in [5.74, 6) is 0.613. The van der Waals surface area contributed by atoms with Gasteiger partial charge in [-0.2, -0.15) is 0 Å². The van der Waals surface area contributed by atoms with E-state index in [0.29, 0.717) is 12.8 Å². The van der Waals surface area contributed by atoms with Crippen LogP contribution in [0.2, 0.25) is 0 Å². The van der Waals surface area contributed by atoms with Gasteiger partial charge in [0, 0.05) is 0 Å². The largest absolute Gasteiger partial charge is 0.508 e. The summed E-state index contributed by atoms with van der Waals surface area (Å²) < 4.78 is 6.08. The van der Waals surface area contributed by atoms with Crippen LogP contribution in [-0.4, -0.2) is 20.4 Å². The minimum absolute atomic E-state index is 0.281. The predicted octanol–water partition coefficient (Wildman–Crippen LogP) is 5.87. The van der Waals surface area contributed by atoms with Crippen LogP contribution < -0.4 is 4.74 Å². The molecule has 33 heavy (non-hydrogen) atoms. The fraction of sp³-hybridized carbons (Fsp3) is 0.143. The lowest BCUT2D eigenvalue weighted by Crippen LogP contribution is -1.94. The minimum atomic E-state index is -0.502. The van der Waals surface area contributed by atoms with Crippen molar-refractivity contribution in [2.24, 2.45) is 0 Å². The molecule has 0 unspecified atom stereocenters. The smallest absolute Gasteiger partial charge is 0.200 e. The van der Waals surface area contributed by atoms with E-state index in [0.717, 1.165) is 46.6 Å². The van der Waals surface area contributed by atoms with Crippen molar-refractivity contribution < 1.29 is 25.2 Å². The van der Waals surface area contributed by atoms with Gasteiger partial charge in [-0.25, -0.2) is 0 Å². The predicted molar refractivity (Wildman–Crippen MR) is 127 cm³/mol. The number of ether oxygens (including phenoxy) is 1. The summed E-state index contributed by atoms with van der Waals surface area (Å²) in [7, 11) is 0. The van der Waals surface area contributed by atoms with E-state index in [4.69, 9.17) is 4.74 Å². The normalized spacial score (nSPS) is 10.8. The van der Waals surface area contributed by atoms with E-state index in [2.05, 4.69) is 6.07 Å². The number of hydrogen-bond acceptors (Lipinski definition) is 5. The topological polar surface area (TPSA) is 90.2 Å². The van der Waals surface area contributed by atoms with Crippen LogP contribution in [0, 0.1) is 0 Å². The van der Waals surface area contributed by atoms with Crippen LogP contribution in [0.25, 0.3) is 0 Å². The molecule has 0 saturated heterocycles. The van der Waals surface area contributed by atoms with Crippen LogP contribution in [-0.2, 0) is 25.7 Å². The van der Waals surface area contributed by atoms with Gasteiger partial charge in [0.2, 0.25) is 0 Å². The highest BCUT2D eigenvalue weighted by Crippen LogP contribution is 2.35. The van der Waals surface area contributed by atoms with E-state index in [1.165, 1.54) is 12.1 Å². The molecule has 0 aromatic heterocycles. The average Bonchev–Trinajstić information content (AvgIpc) is 2.80. The van der Waals surface area contributed by atoms with Crippen molar-refractivity contribution in [2.75, 3.05) is 0 Å². The first-order valence-corrected chi connectivity index (χ1v) is 10.8. The van der Waals surface area contributed by atoms with Crippen molar-refractivity contribution in [3.05, 3.63) is 107 Å². The molecule has 0 fully saturated rings. The van der Waals surface area contributed by atoms with Gasteiger partial charge in [0.1, 0.15) is 17.2 Å². The first-order chi connectivity index (χ1) is 16.0. The van der Waals surface area contributed by atoms with Gasteiger partial charge in [-0.3, -0.25) is 0 Å². The molecule has 0 bridgehead atoms. The van der Waals surface area contributed by atoms with Crippen LogP contribution in [0.3, 0.4) is 0 Å². The van der Waals surface area contributed by atoms with Crippen molar-refractivity contribution in [3.8, 4) is 34.5 Å². The van der Waals surface area contributed by atoms with Crippen LogP contribution in [0.5, 0.6) is 34.5 Å². The zero-order chi connectivity index (χ0) is 23.2. The van der Waals surface area contributed by atoms with E-state index < -0.39 is 5.75 Å². The zero-order valence-corrected chi connectivity index (χ0v) is 18.1.